The maximum Gasteiger partial charge on any atom is 0.261 e. The number of rotatable bonds is 3. The smallest absolute Gasteiger partial charge is 0.261 e. The summed E-state index contributed by atoms with van der Waals surface area (Å²) in [6.45, 7) is 7.56. The van der Waals surface area contributed by atoms with Gasteiger partial charge in [0.25, 0.3) is 5.89 Å². The zero-order chi connectivity index (χ0) is 12.6. The van der Waals surface area contributed by atoms with Crippen LogP contribution in [0.1, 0.15) is 42.4 Å². The van der Waals surface area contributed by atoms with Crippen LogP contribution in [0.25, 0.3) is 11.5 Å². The van der Waals surface area contributed by atoms with Crippen LogP contribution in [0.3, 0.4) is 0 Å². The number of aryl methyl sites for hydroxylation is 2. The lowest BCUT2D eigenvalue weighted by Gasteiger charge is -1.98. The van der Waals surface area contributed by atoms with Crippen molar-refractivity contribution < 1.29 is 14.0 Å². The van der Waals surface area contributed by atoms with Gasteiger partial charge in [0.1, 0.15) is 17.6 Å². The fraction of sp³-hybridized carbons (Fsp3) is 0.500. The molecule has 0 aliphatic carbocycles. The lowest BCUT2D eigenvalue weighted by Crippen LogP contribution is -1.97. The molecule has 0 saturated carbocycles. The first-order valence-electron chi connectivity index (χ1n) is 5.63. The topological polar surface area (TPSA) is 72.3 Å². The molecule has 0 amide bonds. The number of hydrogen-bond donors (Lipinski definition) is 1. The molecule has 2 aromatic rings. The van der Waals surface area contributed by atoms with E-state index in [-0.39, 0.29) is 0 Å². The summed E-state index contributed by atoms with van der Waals surface area (Å²) in [5.74, 6) is 2.31. The average Bonchev–Trinajstić information content (AvgIpc) is 2.85. The van der Waals surface area contributed by atoms with E-state index < -0.39 is 6.10 Å². The van der Waals surface area contributed by atoms with Gasteiger partial charge in [0, 0.05) is 5.56 Å². The summed E-state index contributed by atoms with van der Waals surface area (Å²) < 4.78 is 10.7. The minimum atomic E-state index is -0.680. The average molecular weight is 236 g/mol. The molecule has 0 bridgehead atoms. The molecule has 2 aromatic heterocycles. The summed E-state index contributed by atoms with van der Waals surface area (Å²) in [7, 11) is 0. The van der Waals surface area contributed by atoms with E-state index in [2.05, 4.69) is 10.1 Å². The monoisotopic (exact) mass is 236 g/mol. The fourth-order valence-corrected chi connectivity index (χ4v) is 1.76. The number of nitrogens with zero attached hydrogens (tertiary/aromatic N) is 2. The highest BCUT2D eigenvalue weighted by Crippen LogP contribution is 2.30. The molecule has 0 radical (unpaired) electrons. The largest absolute Gasteiger partial charge is 0.466 e. The standard InChI is InChI=1S/C12H16N2O3/c1-5-9(15)11-13-12(17-14-11)10-6(2)7(3)16-8(10)4/h9,15H,5H2,1-4H3. The molecule has 0 aromatic carbocycles. The number of aromatic nitrogens is 2. The Morgan fingerprint density at radius 2 is 1.94 bits per heavy atom. The third-order valence-corrected chi connectivity index (χ3v) is 2.90. The van der Waals surface area contributed by atoms with E-state index in [1.807, 2.05) is 27.7 Å². The molecule has 0 spiro atoms. The third-order valence-electron chi connectivity index (χ3n) is 2.90. The molecule has 5 nitrogen and oxygen atoms in total. The van der Waals surface area contributed by atoms with Crippen LogP contribution in [0.15, 0.2) is 8.94 Å². The summed E-state index contributed by atoms with van der Waals surface area (Å²) in [6.07, 6.45) is -0.123. The van der Waals surface area contributed by atoms with Gasteiger partial charge < -0.3 is 14.0 Å². The van der Waals surface area contributed by atoms with Gasteiger partial charge in [0.05, 0.1) is 5.56 Å². The Bertz CT molecular complexity index is 528. The molecule has 1 N–H and O–H groups in total. The fourth-order valence-electron chi connectivity index (χ4n) is 1.76. The summed E-state index contributed by atoms with van der Waals surface area (Å²) in [5.41, 5.74) is 1.81. The van der Waals surface area contributed by atoms with Crippen molar-refractivity contribution in [1.29, 1.82) is 0 Å². The highest BCUT2D eigenvalue weighted by Gasteiger charge is 2.21. The molecule has 1 unspecified atom stereocenters. The highest BCUT2D eigenvalue weighted by atomic mass is 16.5. The van der Waals surface area contributed by atoms with E-state index in [1.54, 1.807) is 0 Å². The van der Waals surface area contributed by atoms with Gasteiger partial charge in [-0.1, -0.05) is 12.1 Å². The van der Waals surface area contributed by atoms with E-state index in [9.17, 15) is 5.11 Å². The molecule has 5 heteroatoms. The van der Waals surface area contributed by atoms with Gasteiger partial charge in [0.2, 0.25) is 5.82 Å². The van der Waals surface area contributed by atoms with Crippen molar-refractivity contribution >= 4 is 0 Å². The Labute approximate surface area is 99.5 Å². The minimum Gasteiger partial charge on any atom is -0.466 e. The maximum atomic E-state index is 9.62. The van der Waals surface area contributed by atoms with Crippen LogP contribution in [0.4, 0.5) is 0 Å². The minimum absolute atomic E-state index is 0.320. The summed E-state index contributed by atoms with van der Waals surface area (Å²) in [4.78, 5) is 4.20. The predicted molar refractivity (Wildman–Crippen MR) is 61.5 cm³/mol. The Morgan fingerprint density at radius 1 is 1.24 bits per heavy atom. The van der Waals surface area contributed by atoms with Crippen LogP contribution < -0.4 is 0 Å². The molecular formula is C12H16N2O3. The lowest BCUT2D eigenvalue weighted by molar-refractivity contribution is 0.159. The molecule has 2 rings (SSSR count). The van der Waals surface area contributed by atoms with Gasteiger partial charge in [-0.3, -0.25) is 0 Å². The van der Waals surface area contributed by atoms with Gasteiger partial charge in [-0.25, -0.2) is 0 Å². The van der Waals surface area contributed by atoms with Crippen LogP contribution >= 0.6 is 0 Å². The first-order valence-corrected chi connectivity index (χ1v) is 5.63. The van der Waals surface area contributed by atoms with Crippen molar-refractivity contribution in [3.05, 3.63) is 22.9 Å². The van der Waals surface area contributed by atoms with Crippen molar-refractivity contribution in [1.82, 2.24) is 10.1 Å². The summed E-state index contributed by atoms with van der Waals surface area (Å²) in [6, 6.07) is 0. The number of aliphatic hydroxyl groups is 1. The second-order valence-corrected chi connectivity index (χ2v) is 4.10. The van der Waals surface area contributed by atoms with Crippen molar-refractivity contribution in [3.63, 3.8) is 0 Å². The van der Waals surface area contributed by atoms with Crippen LogP contribution in [0, 0.1) is 20.8 Å². The van der Waals surface area contributed by atoms with Gasteiger partial charge in [0.15, 0.2) is 0 Å². The van der Waals surface area contributed by atoms with Crippen LogP contribution in [-0.2, 0) is 0 Å². The molecule has 92 valence electrons. The molecule has 0 saturated heterocycles. The Hall–Kier alpha value is -1.62. The Kier molecular flexibility index (Phi) is 3.02. The van der Waals surface area contributed by atoms with Gasteiger partial charge in [-0.05, 0) is 27.2 Å². The number of hydrogen-bond acceptors (Lipinski definition) is 5. The van der Waals surface area contributed by atoms with Gasteiger partial charge >= 0.3 is 0 Å². The van der Waals surface area contributed by atoms with E-state index >= 15 is 0 Å². The molecule has 1 atom stereocenters. The van der Waals surface area contributed by atoms with Crippen molar-refractivity contribution in [2.45, 2.75) is 40.2 Å². The normalized spacial score (nSPS) is 13.0. The molecular weight excluding hydrogens is 220 g/mol. The highest BCUT2D eigenvalue weighted by molar-refractivity contribution is 5.61. The van der Waals surface area contributed by atoms with Crippen molar-refractivity contribution in [2.75, 3.05) is 0 Å². The Balaban J connectivity index is 2.43. The quantitative estimate of drug-likeness (QED) is 0.887. The van der Waals surface area contributed by atoms with E-state index in [4.69, 9.17) is 8.94 Å². The molecule has 2 heterocycles. The van der Waals surface area contributed by atoms with Crippen molar-refractivity contribution in [3.8, 4) is 11.5 Å². The second-order valence-electron chi connectivity index (χ2n) is 4.10. The Morgan fingerprint density at radius 3 is 2.47 bits per heavy atom. The first-order chi connectivity index (χ1) is 8.04. The summed E-state index contributed by atoms with van der Waals surface area (Å²) >= 11 is 0. The van der Waals surface area contributed by atoms with Crippen molar-refractivity contribution in [2.24, 2.45) is 0 Å². The van der Waals surface area contributed by atoms with Crippen LogP contribution in [0.2, 0.25) is 0 Å². The lowest BCUT2D eigenvalue weighted by atomic mass is 10.1. The number of furan rings is 1. The maximum absolute atomic E-state index is 9.62. The summed E-state index contributed by atoms with van der Waals surface area (Å²) in [5, 5.41) is 13.4. The molecule has 0 aliphatic heterocycles. The van der Waals surface area contributed by atoms with Gasteiger partial charge in [-0.2, -0.15) is 4.98 Å². The zero-order valence-electron chi connectivity index (χ0n) is 10.4. The van der Waals surface area contributed by atoms with Crippen LogP contribution in [0.5, 0.6) is 0 Å². The predicted octanol–water partition coefficient (Wildman–Crippen LogP) is 2.70. The third kappa shape index (κ3) is 1.98. The van der Waals surface area contributed by atoms with Gasteiger partial charge in [-0.15, -0.1) is 0 Å². The zero-order valence-corrected chi connectivity index (χ0v) is 10.4. The van der Waals surface area contributed by atoms with E-state index in [1.165, 1.54) is 0 Å². The van der Waals surface area contributed by atoms with E-state index in [0.717, 1.165) is 22.6 Å². The molecule has 0 aliphatic rings. The second kappa shape index (κ2) is 4.33. The molecule has 17 heavy (non-hydrogen) atoms. The van der Waals surface area contributed by atoms with E-state index in [0.29, 0.717) is 18.1 Å². The molecule has 0 fully saturated rings. The number of aliphatic hydroxyl groups excluding tert-OH is 1. The SMILES string of the molecule is CCC(O)c1noc(-c2c(C)oc(C)c2C)n1. The van der Waals surface area contributed by atoms with Crippen LogP contribution in [-0.4, -0.2) is 15.2 Å². The first kappa shape index (κ1) is 11.9.